The van der Waals surface area contributed by atoms with Crippen LogP contribution in [0.4, 0.5) is 13.2 Å². The van der Waals surface area contributed by atoms with Crippen LogP contribution >= 0.6 is 0 Å². The number of nitrogens with zero attached hydrogens (tertiary/aromatic N) is 1. The lowest BCUT2D eigenvalue weighted by atomic mass is 10.1. The van der Waals surface area contributed by atoms with E-state index >= 15 is 0 Å². The standard InChI is InChI=1S/C11H7F3N2O/c12-11(13,14)9-3-1-7(2-4-9)10-8(6-17)5-15-16-10/h1-6H,(H,15,16). The van der Waals surface area contributed by atoms with Gasteiger partial charge >= 0.3 is 6.18 Å². The highest BCUT2D eigenvalue weighted by Gasteiger charge is 2.30. The van der Waals surface area contributed by atoms with Crippen LogP contribution in [0.1, 0.15) is 15.9 Å². The van der Waals surface area contributed by atoms with Crippen molar-refractivity contribution in [3.8, 4) is 11.3 Å². The van der Waals surface area contributed by atoms with Crippen LogP contribution < -0.4 is 0 Å². The third-order valence-electron chi connectivity index (χ3n) is 2.30. The molecule has 0 radical (unpaired) electrons. The van der Waals surface area contributed by atoms with Gasteiger partial charge in [0, 0.05) is 5.56 Å². The highest BCUT2D eigenvalue weighted by Crippen LogP contribution is 2.30. The molecule has 2 rings (SSSR count). The van der Waals surface area contributed by atoms with Crippen molar-refractivity contribution in [3.05, 3.63) is 41.6 Å². The van der Waals surface area contributed by atoms with Crippen LogP contribution in [0.2, 0.25) is 0 Å². The van der Waals surface area contributed by atoms with E-state index in [2.05, 4.69) is 10.2 Å². The number of hydrogen-bond acceptors (Lipinski definition) is 2. The molecule has 0 aliphatic heterocycles. The monoisotopic (exact) mass is 240 g/mol. The third-order valence-corrected chi connectivity index (χ3v) is 2.30. The predicted molar refractivity (Wildman–Crippen MR) is 54.4 cm³/mol. The summed E-state index contributed by atoms with van der Waals surface area (Å²) in [6.07, 6.45) is -2.45. The Balaban J connectivity index is 2.39. The summed E-state index contributed by atoms with van der Waals surface area (Å²) >= 11 is 0. The van der Waals surface area contributed by atoms with Crippen LogP contribution in [0.25, 0.3) is 11.3 Å². The maximum absolute atomic E-state index is 12.3. The maximum atomic E-state index is 12.3. The second-order valence-corrected chi connectivity index (χ2v) is 3.39. The molecule has 88 valence electrons. The summed E-state index contributed by atoms with van der Waals surface area (Å²) < 4.78 is 37.0. The van der Waals surface area contributed by atoms with Crippen molar-refractivity contribution in [1.82, 2.24) is 10.2 Å². The minimum absolute atomic E-state index is 0.310. The van der Waals surface area contributed by atoms with Crippen LogP contribution in [0, 0.1) is 0 Å². The first kappa shape index (κ1) is 11.4. The molecular weight excluding hydrogens is 233 g/mol. The first-order valence-corrected chi connectivity index (χ1v) is 4.68. The van der Waals surface area contributed by atoms with Gasteiger partial charge in [0.1, 0.15) is 0 Å². The number of aromatic nitrogens is 2. The summed E-state index contributed by atoms with van der Waals surface area (Å²) in [5.74, 6) is 0. The molecule has 0 aliphatic rings. The summed E-state index contributed by atoms with van der Waals surface area (Å²) in [4.78, 5) is 10.6. The topological polar surface area (TPSA) is 45.8 Å². The van der Waals surface area contributed by atoms with Gasteiger partial charge in [0.2, 0.25) is 0 Å². The molecule has 0 saturated carbocycles. The van der Waals surface area contributed by atoms with Gasteiger partial charge in [0.25, 0.3) is 0 Å². The summed E-state index contributed by atoms with van der Waals surface area (Å²) in [5, 5.41) is 6.23. The number of aromatic amines is 1. The number of hydrogen-bond donors (Lipinski definition) is 1. The Morgan fingerprint density at radius 3 is 2.35 bits per heavy atom. The van der Waals surface area contributed by atoms with E-state index in [0.29, 0.717) is 23.1 Å². The number of halogens is 3. The molecule has 0 amide bonds. The Labute approximate surface area is 94.3 Å². The Hall–Kier alpha value is -2.11. The highest BCUT2D eigenvalue weighted by molar-refractivity contribution is 5.85. The Morgan fingerprint density at radius 1 is 1.18 bits per heavy atom. The van der Waals surface area contributed by atoms with E-state index < -0.39 is 11.7 Å². The van der Waals surface area contributed by atoms with Crippen molar-refractivity contribution < 1.29 is 18.0 Å². The largest absolute Gasteiger partial charge is 0.416 e. The zero-order valence-corrected chi connectivity index (χ0v) is 8.45. The van der Waals surface area contributed by atoms with Gasteiger partial charge in [-0.1, -0.05) is 12.1 Å². The van der Waals surface area contributed by atoms with Gasteiger partial charge in [-0.2, -0.15) is 18.3 Å². The molecule has 3 nitrogen and oxygen atoms in total. The van der Waals surface area contributed by atoms with Crippen molar-refractivity contribution in [2.75, 3.05) is 0 Å². The van der Waals surface area contributed by atoms with Crippen molar-refractivity contribution in [2.45, 2.75) is 6.18 Å². The SMILES string of the molecule is O=Cc1cn[nH]c1-c1ccc(C(F)(F)F)cc1. The van der Waals surface area contributed by atoms with E-state index in [1.165, 1.54) is 18.3 Å². The van der Waals surface area contributed by atoms with E-state index in [-0.39, 0.29) is 0 Å². The number of nitrogens with one attached hydrogen (secondary N) is 1. The molecule has 1 N–H and O–H groups in total. The number of carbonyl (C=O) groups is 1. The normalized spacial score (nSPS) is 11.5. The maximum Gasteiger partial charge on any atom is 0.416 e. The molecule has 2 aromatic rings. The van der Waals surface area contributed by atoms with Gasteiger partial charge in [-0.05, 0) is 12.1 Å². The van der Waals surface area contributed by atoms with E-state index in [1.54, 1.807) is 0 Å². The number of alkyl halides is 3. The molecule has 0 aliphatic carbocycles. The summed E-state index contributed by atoms with van der Waals surface area (Å²) in [7, 11) is 0. The molecule has 6 heteroatoms. The van der Waals surface area contributed by atoms with Crippen LogP contribution in [-0.4, -0.2) is 16.5 Å². The predicted octanol–water partition coefficient (Wildman–Crippen LogP) is 2.91. The first-order valence-electron chi connectivity index (χ1n) is 4.68. The van der Waals surface area contributed by atoms with Crippen molar-refractivity contribution >= 4 is 6.29 Å². The molecule has 1 aromatic carbocycles. The molecule has 0 saturated heterocycles. The van der Waals surface area contributed by atoms with Gasteiger partial charge in [-0.3, -0.25) is 9.89 Å². The number of carbonyl (C=O) groups excluding carboxylic acids is 1. The molecule has 1 aromatic heterocycles. The Bertz CT molecular complexity index is 528. The molecule has 0 spiro atoms. The van der Waals surface area contributed by atoms with Crippen LogP contribution in [0.3, 0.4) is 0 Å². The molecule has 0 unspecified atom stereocenters. The van der Waals surface area contributed by atoms with E-state index in [9.17, 15) is 18.0 Å². The fourth-order valence-corrected chi connectivity index (χ4v) is 1.44. The van der Waals surface area contributed by atoms with Crippen molar-refractivity contribution in [1.29, 1.82) is 0 Å². The second-order valence-electron chi connectivity index (χ2n) is 3.39. The quantitative estimate of drug-likeness (QED) is 0.820. The fraction of sp³-hybridized carbons (Fsp3) is 0.0909. The average molecular weight is 240 g/mol. The van der Waals surface area contributed by atoms with E-state index in [4.69, 9.17) is 0 Å². The fourth-order valence-electron chi connectivity index (χ4n) is 1.44. The van der Waals surface area contributed by atoms with E-state index in [1.807, 2.05) is 0 Å². The number of rotatable bonds is 2. The third kappa shape index (κ3) is 2.20. The zero-order chi connectivity index (χ0) is 12.5. The smallest absolute Gasteiger partial charge is 0.298 e. The molecule has 17 heavy (non-hydrogen) atoms. The Kier molecular flexibility index (Phi) is 2.71. The Morgan fingerprint density at radius 2 is 1.82 bits per heavy atom. The first-order chi connectivity index (χ1) is 8.02. The van der Waals surface area contributed by atoms with Gasteiger partial charge in [0.05, 0.1) is 23.0 Å². The summed E-state index contributed by atoms with van der Waals surface area (Å²) in [6, 6.07) is 4.52. The lowest BCUT2D eigenvalue weighted by Gasteiger charge is -2.06. The number of aldehydes is 1. The van der Waals surface area contributed by atoms with Gasteiger partial charge in [-0.25, -0.2) is 0 Å². The van der Waals surface area contributed by atoms with Crippen LogP contribution in [-0.2, 0) is 6.18 Å². The molecule has 0 bridgehead atoms. The minimum Gasteiger partial charge on any atom is -0.298 e. The van der Waals surface area contributed by atoms with Crippen LogP contribution in [0.15, 0.2) is 30.5 Å². The van der Waals surface area contributed by atoms with E-state index in [0.717, 1.165) is 12.1 Å². The average Bonchev–Trinajstić information content (AvgIpc) is 2.76. The molecule has 0 fully saturated rings. The minimum atomic E-state index is -4.36. The molecular formula is C11H7F3N2O. The van der Waals surface area contributed by atoms with Gasteiger partial charge in [-0.15, -0.1) is 0 Å². The van der Waals surface area contributed by atoms with Crippen molar-refractivity contribution in [2.24, 2.45) is 0 Å². The van der Waals surface area contributed by atoms with Crippen molar-refractivity contribution in [3.63, 3.8) is 0 Å². The number of benzene rings is 1. The highest BCUT2D eigenvalue weighted by atomic mass is 19.4. The zero-order valence-electron chi connectivity index (χ0n) is 8.45. The molecule has 0 atom stereocenters. The summed E-state index contributed by atoms with van der Waals surface area (Å²) in [5.41, 5.74) is 0.476. The lowest BCUT2D eigenvalue weighted by Crippen LogP contribution is -2.04. The second kappa shape index (κ2) is 4.04. The number of H-pyrrole nitrogens is 1. The van der Waals surface area contributed by atoms with Gasteiger partial charge < -0.3 is 0 Å². The lowest BCUT2D eigenvalue weighted by molar-refractivity contribution is -0.137. The molecule has 1 heterocycles. The summed E-state index contributed by atoms with van der Waals surface area (Å²) in [6.45, 7) is 0. The van der Waals surface area contributed by atoms with Crippen LogP contribution in [0.5, 0.6) is 0 Å². The van der Waals surface area contributed by atoms with Gasteiger partial charge in [0.15, 0.2) is 6.29 Å².